The highest BCUT2D eigenvalue weighted by atomic mass is 16.2. The molecule has 1 aromatic rings. The summed E-state index contributed by atoms with van der Waals surface area (Å²) in [6.07, 6.45) is 5.87. The average molecular weight is 244 g/mol. The Labute approximate surface area is 108 Å². The van der Waals surface area contributed by atoms with E-state index in [-0.39, 0.29) is 5.91 Å². The van der Waals surface area contributed by atoms with Crippen LogP contribution in [0.25, 0.3) is 0 Å². The molecule has 1 aliphatic carbocycles. The summed E-state index contributed by atoms with van der Waals surface area (Å²) in [5.74, 6) is 0.177. The number of benzene rings is 1. The van der Waals surface area contributed by atoms with Crippen molar-refractivity contribution in [1.82, 2.24) is 4.90 Å². The van der Waals surface area contributed by atoms with E-state index in [0.717, 1.165) is 31.4 Å². The van der Waals surface area contributed by atoms with E-state index in [4.69, 9.17) is 0 Å². The number of rotatable bonds is 2. The first kappa shape index (κ1) is 11.6. The second kappa shape index (κ2) is 4.63. The van der Waals surface area contributed by atoms with E-state index in [1.54, 1.807) is 0 Å². The number of carbonyl (C=O) groups excluding carboxylic acids is 1. The van der Waals surface area contributed by atoms with E-state index in [0.29, 0.717) is 6.04 Å². The van der Waals surface area contributed by atoms with E-state index >= 15 is 0 Å². The number of nitrogens with zero attached hydrogens (tertiary/aromatic N) is 1. The van der Waals surface area contributed by atoms with E-state index in [1.807, 2.05) is 24.1 Å². The Hall–Kier alpha value is -1.51. The molecule has 3 heteroatoms. The van der Waals surface area contributed by atoms with Crippen LogP contribution in [0, 0.1) is 0 Å². The third-order valence-corrected chi connectivity index (χ3v) is 4.25. The molecule has 1 saturated carbocycles. The molecular formula is C15H20N2O. The van der Waals surface area contributed by atoms with Crippen molar-refractivity contribution < 1.29 is 4.79 Å². The SMILES string of the molecule is CN(C(=O)c1ccc2c(c1)CCN2)C1CCCC1. The highest BCUT2D eigenvalue weighted by Crippen LogP contribution is 2.26. The predicted octanol–water partition coefficient (Wildman–Crippen LogP) is 2.67. The van der Waals surface area contributed by atoms with Gasteiger partial charge in [0, 0.05) is 30.9 Å². The van der Waals surface area contributed by atoms with Gasteiger partial charge in [-0.3, -0.25) is 4.79 Å². The quantitative estimate of drug-likeness (QED) is 0.867. The molecule has 1 fully saturated rings. The van der Waals surface area contributed by atoms with Crippen molar-refractivity contribution in [1.29, 1.82) is 0 Å². The van der Waals surface area contributed by atoms with Gasteiger partial charge in [-0.25, -0.2) is 0 Å². The lowest BCUT2D eigenvalue weighted by Crippen LogP contribution is -2.35. The Morgan fingerprint density at radius 3 is 2.89 bits per heavy atom. The molecule has 1 heterocycles. The normalized spacial score (nSPS) is 18.5. The molecule has 3 rings (SSSR count). The molecule has 0 bridgehead atoms. The Kier molecular flexibility index (Phi) is 2.98. The van der Waals surface area contributed by atoms with Crippen molar-refractivity contribution in [3.8, 4) is 0 Å². The Bertz CT molecular complexity index is 464. The van der Waals surface area contributed by atoms with Crippen LogP contribution in [0.3, 0.4) is 0 Å². The van der Waals surface area contributed by atoms with Crippen molar-refractivity contribution in [2.24, 2.45) is 0 Å². The highest BCUT2D eigenvalue weighted by molar-refractivity contribution is 5.95. The molecule has 1 amide bonds. The molecule has 1 aromatic carbocycles. The lowest BCUT2D eigenvalue weighted by Gasteiger charge is -2.24. The van der Waals surface area contributed by atoms with Gasteiger partial charge in [-0.1, -0.05) is 12.8 Å². The standard InChI is InChI=1S/C15H20N2O/c1-17(13-4-2-3-5-13)15(18)12-6-7-14-11(10-12)8-9-16-14/h6-7,10,13,16H,2-5,8-9H2,1H3. The van der Waals surface area contributed by atoms with Gasteiger partial charge in [-0.2, -0.15) is 0 Å². The zero-order chi connectivity index (χ0) is 12.5. The van der Waals surface area contributed by atoms with Crippen LogP contribution in [0.5, 0.6) is 0 Å². The minimum Gasteiger partial charge on any atom is -0.384 e. The van der Waals surface area contributed by atoms with Gasteiger partial charge in [0.05, 0.1) is 0 Å². The van der Waals surface area contributed by atoms with Crippen molar-refractivity contribution in [3.63, 3.8) is 0 Å². The summed E-state index contributed by atoms with van der Waals surface area (Å²) in [5, 5.41) is 3.33. The van der Waals surface area contributed by atoms with Gasteiger partial charge < -0.3 is 10.2 Å². The van der Waals surface area contributed by atoms with Gasteiger partial charge in [-0.15, -0.1) is 0 Å². The van der Waals surface area contributed by atoms with E-state index < -0.39 is 0 Å². The monoisotopic (exact) mass is 244 g/mol. The van der Waals surface area contributed by atoms with Crippen molar-refractivity contribution in [3.05, 3.63) is 29.3 Å². The molecule has 0 atom stereocenters. The van der Waals surface area contributed by atoms with Gasteiger partial charge in [0.2, 0.25) is 0 Å². The van der Waals surface area contributed by atoms with Crippen LogP contribution in [0.2, 0.25) is 0 Å². The highest BCUT2D eigenvalue weighted by Gasteiger charge is 2.24. The third kappa shape index (κ3) is 1.98. The summed E-state index contributed by atoms with van der Waals surface area (Å²) in [6.45, 7) is 0.992. The molecule has 96 valence electrons. The molecule has 0 saturated heterocycles. The molecule has 0 unspecified atom stereocenters. The van der Waals surface area contributed by atoms with E-state index in [9.17, 15) is 4.79 Å². The molecule has 0 spiro atoms. The second-order valence-corrected chi connectivity index (χ2v) is 5.40. The molecule has 0 aromatic heterocycles. The Balaban J connectivity index is 1.79. The fraction of sp³-hybridized carbons (Fsp3) is 0.533. The van der Waals surface area contributed by atoms with Crippen molar-refractivity contribution in [2.75, 3.05) is 18.9 Å². The van der Waals surface area contributed by atoms with Crippen molar-refractivity contribution >= 4 is 11.6 Å². The molecule has 0 radical (unpaired) electrons. The number of hydrogen-bond donors (Lipinski definition) is 1. The fourth-order valence-corrected chi connectivity index (χ4v) is 3.10. The van der Waals surface area contributed by atoms with E-state index in [2.05, 4.69) is 11.4 Å². The average Bonchev–Trinajstić information content (AvgIpc) is 3.06. The minimum absolute atomic E-state index is 0.177. The summed E-state index contributed by atoms with van der Waals surface area (Å²) in [7, 11) is 1.95. The summed E-state index contributed by atoms with van der Waals surface area (Å²) in [6, 6.07) is 6.50. The number of carbonyl (C=O) groups is 1. The fourth-order valence-electron chi connectivity index (χ4n) is 3.10. The second-order valence-electron chi connectivity index (χ2n) is 5.40. The zero-order valence-corrected chi connectivity index (χ0v) is 10.9. The lowest BCUT2D eigenvalue weighted by atomic mass is 10.1. The van der Waals surface area contributed by atoms with Gasteiger partial charge in [0.1, 0.15) is 0 Å². The van der Waals surface area contributed by atoms with Crippen LogP contribution in [-0.2, 0) is 6.42 Å². The Morgan fingerprint density at radius 2 is 2.11 bits per heavy atom. The maximum atomic E-state index is 12.4. The maximum Gasteiger partial charge on any atom is 0.253 e. The van der Waals surface area contributed by atoms with Crippen LogP contribution < -0.4 is 5.32 Å². The molecule has 2 aliphatic rings. The van der Waals surface area contributed by atoms with Crippen molar-refractivity contribution in [2.45, 2.75) is 38.1 Å². The summed E-state index contributed by atoms with van der Waals surface area (Å²) in [4.78, 5) is 14.4. The van der Waals surface area contributed by atoms with Crippen LogP contribution in [-0.4, -0.2) is 30.4 Å². The van der Waals surface area contributed by atoms with E-state index in [1.165, 1.54) is 24.1 Å². The van der Waals surface area contributed by atoms with Crippen LogP contribution in [0.4, 0.5) is 5.69 Å². The molecule has 18 heavy (non-hydrogen) atoms. The minimum atomic E-state index is 0.177. The zero-order valence-electron chi connectivity index (χ0n) is 10.9. The summed E-state index contributed by atoms with van der Waals surface area (Å²) >= 11 is 0. The predicted molar refractivity (Wildman–Crippen MR) is 73.0 cm³/mol. The topological polar surface area (TPSA) is 32.3 Å². The molecular weight excluding hydrogens is 224 g/mol. The number of anilines is 1. The van der Waals surface area contributed by atoms with Crippen LogP contribution >= 0.6 is 0 Å². The number of hydrogen-bond acceptors (Lipinski definition) is 2. The number of amides is 1. The molecule has 1 aliphatic heterocycles. The lowest BCUT2D eigenvalue weighted by molar-refractivity contribution is 0.0735. The van der Waals surface area contributed by atoms with Gasteiger partial charge in [0.25, 0.3) is 5.91 Å². The number of nitrogens with one attached hydrogen (secondary N) is 1. The first-order valence-corrected chi connectivity index (χ1v) is 6.89. The largest absolute Gasteiger partial charge is 0.384 e. The third-order valence-electron chi connectivity index (χ3n) is 4.25. The molecule has 3 nitrogen and oxygen atoms in total. The first-order chi connectivity index (χ1) is 8.75. The van der Waals surface area contributed by atoms with Gasteiger partial charge in [-0.05, 0) is 43.0 Å². The van der Waals surface area contributed by atoms with Gasteiger partial charge in [0.15, 0.2) is 0 Å². The maximum absolute atomic E-state index is 12.4. The summed E-state index contributed by atoms with van der Waals surface area (Å²) in [5.41, 5.74) is 3.31. The number of fused-ring (bicyclic) bond motifs is 1. The molecule has 1 N–H and O–H groups in total. The van der Waals surface area contributed by atoms with Gasteiger partial charge >= 0.3 is 0 Å². The van der Waals surface area contributed by atoms with Crippen LogP contribution in [0.1, 0.15) is 41.6 Å². The Morgan fingerprint density at radius 1 is 1.33 bits per heavy atom. The smallest absolute Gasteiger partial charge is 0.253 e. The van der Waals surface area contributed by atoms with Crippen LogP contribution in [0.15, 0.2) is 18.2 Å². The summed E-state index contributed by atoms with van der Waals surface area (Å²) < 4.78 is 0. The first-order valence-electron chi connectivity index (χ1n) is 6.89.